The highest BCUT2D eigenvalue weighted by molar-refractivity contribution is 7.22. The molecule has 1 saturated heterocycles. The Kier molecular flexibility index (Phi) is 4.16. The van der Waals surface area contributed by atoms with Crippen molar-refractivity contribution in [2.45, 2.75) is 0 Å². The van der Waals surface area contributed by atoms with Crippen molar-refractivity contribution >= 4 is 76.6 Å². The van der Waals surface area contributed by atoms with Gasteiger partial charge in [0.2, 0.25) is 0 Å². The molecule has 4 aromatic rings. The molecule has 0 saturated carbocycles. The molecule has 4 nitrogen and oxygen atoms in total. The van der Waals surface area contributed by atoms with Gasteiger partial charge in [0.25, 0.3) is 0 Å². The van der Waals surface area contributed by atoms with Crippen LogP contribution in [-0.4, -0.2) is 36.1 Å². The number of anilines is 2. The molecule has 0 amide bonds. The third kappa shape index (κ3) is 3.01. The van der Waals surface area contributed by atoms with Crippen LogP contribution in [-0.2, 0) is 0 Å². The molecule has 0 spiro atoms. The Morgan fingerprint density at radius 3 is 1.54 bits per heavy atom. The van der Waals surface area contributed by atoms with E-state index in [9.17, 15) is 0 Å². The first-order chi connectivity index (χ1) is 12.7. The lowest BCUT2D eigenvalue weighted by molar-refractivity contribution is 0.651. The fraction of sp³-hybridized carbons (Fsp3) is 0.222. The summed E-state index contributed by atoms with van der Waals surface area (Å²) in [6, 6.07) is 11.7. The second kappa shape index (κ2) is 6.53. The molecule has 0 aliphatic carbocycles. The van der Waals surface area contributed by atoms with E-state index in [2.05, 4.69) is 9.80 Å². The lowest BCUT2D eigenvalue weighted by Gasteiger charge is -2.34. The van der Waals surface area contributed by atoms with Crippen LogP contribution < -0.4 is 9.80 Å². The molecule has 1 aliphatic rings. The number of thiazole rings is 2. The molecule has 1 aliphatic heterocycles. The normalized spacial score (nSPS) is 15.3. The minimum atomic E-state index is 0.758. The Morgan fingerprint density at radius 1 is 0.692 bits per heavy atom. The second-order valence-corrected chi connectivity index (χ2v) is 9.08. The van der Waals surface area contributed by atoms with Crippen molar-refractivity contribution in [1.29, 1.82) is 0 Å². The predicted octanol–water partition coefficient (Wildman–Crippen LogP) is 5.54. The Balaban J connectivity index is 1.34. The summed E-state index contributed by atoms with van der Waals surface area (Å²) in [6.07, 6.45) is 0. The molecule has 0 atom stereocenters. The Hall–Kier alpha value is -1.60. The van der Waals surface area contributed by atoms with Crippen LogP contribution in [0.15, 0.2) is 36.4 Å². The summed E-state index contributed by atoms with van der Waals surface area (Å²) in [5.41, 5.74) is 2.03. The number of benzene rings is 2. The van der Waals surface area contributed by atoms with Crippen molar-refractivity contribution in [3.8, 4) is 0 Å². The van der Waals surface area contributed by atoms with Gasteiger partial charge < -0.3 is 9.80 Å². The van der Waals surface area contributed by atoms with Gasteiger partial charge in [-0.1, -0.05) is 45.9 Å². The van der Waals surface area contributed by atoms with Crippen LogP contribution in [0.3, 0.4) is 0 Å². The molecule has 0 unspecified atom stereocenters. The molecule has 2 aromatic heterocycles. The molecule has 8 heteroatoms. The SMILES string of the molecule is Clc1ccc2nc(N3CCN(c4nc5ccc(Cl)cc5s4)CC3)sc2c1. The van der Waals surface area contributed by atoms with E-state index < -0.39 is 0 Å². The van der Waals surface area contributed by atoms with Crippen LogP contribution in [0.1, 0.15) is 0 Å². The highest BCUT2D eigenvalue weighted by Crippen LogP contribution is 2.34. The minimum absolute atomic E-state index is 0.758. The number of hydrogen-bond donors (Lipinski definition) is 0. The maximum absolute atomic E-state index is 6.09. The molecule has 0 N–H and O–H groups in total. The molecule has 3 heterocycles. The lowest BCUT2D eigenvalue weighted by Crippen LogP contribution is -2.46. The molecule has 132 valence electrons. The highest BCUT2D eigenvalue weighted by atomic mass is 35.5. The Morgan fingerprint density at radius 2 is 1.12 bits per heavy atom. The monoisotopic (exact) mass is 420 g/mol. The zero-order valence-electron chi connectivity index (χ0n) is 13.7. The van der Waals surface area contributed by atoms with Crippen molar-refractivity contribution in [2.24, 2.45) is 0 Å². The van der Waals surface area contributed by atoms with E-state index in [4.69, 9.17) is 33.2 Å². The van der Waals surface area contributed by atoms with Crippen LogP contribution in [0.5, 0.6) is 0 Å². The summed E-state index contributed by atoms with van der Waals surface area (Å²) in [5, 5.41) is 3.65. The molecule has 26 heavy (non-hydrogen) atoms. The predicted molar refractivity (Wildman–Crippen MR) is 114 cm³/mol. The average Bonchev–Trinajstić information content (AvgIpc) is 3.25. The van der Waals surface area contributed by atoms with Crippen LogP contribution in [0, 0.1) is 0 Å². The molecular formula is C18H14Cl2N4S2. The first-order valence-electron chi connectivity index (χ1n) is 8.28. The van der Waals surface area contributed by atoms with Crippen molar-refractivity contribution in [3.63, 3.8) is 0 Å². The van der Waals surface area contributed by atoms with Gasteiger partial charge in [-0.25, -0.2) is 9.97 Å². The van der Waals surface area contributed by atoms with Crippen molar-refractivity contribution in [3.05, 3.63) is 46.4 Å². The topological polar surface area (TPSA) is 32.3 Å². The molecule has 0 radical (unpaired) electrons. The zero-order valence-corrected chi connectivity index (χ0v) is 16.8. The number of rotatable bonds is 2. The fourth-order valence-electron chi connectivity index (χ4n) is 3.13. The number of halogens is 2. The Labute approximate surface area is 168 Å². The number of piperazine rings is 1. The van der Waals surface area contributed by atoms with Gasteiger partial charge in [-0.05, 0) is 36.4 Å². The van der Waals surface area contributed by atoms with Crippen molar-refractivity contribution in [1.82, 2.24) is 9.97 Å². The van der Waals surface area contributed by atoms with Gasteiger partial charge >= 0.3 is 0 Å². The average molecular weight is 421 g/mol. The van der Waals surface area contributed by atoms with E-state index in [1.165, 1.54) is 0 Å². The molecular weight excluding hydrogens is 407 g/mol. The van der Waals surface area contributed by atoms with E-state index in [0.29, 0.717) is 0 Å². The van der Waals surface area contributed by atoms with Gasteiger partial charge in [0.15, 0.2) is 10.3 Å². The van der Waals surface area contributed by atoms with Crippen LogP contribution in [0.25, 0.3) is 20.4 Å². The van der Waals surface area contributed by atoms with Gasteiger partial charge in [-0.15, -0.1) is 0 Å². The molecule has 0 bridgehead atoms. The maximum atomic E-state index is 6.09. The summed E-state index contributed by atoms with van der Waals surface area (Å²) in [7, 11) is 0. The van der Waals surface area contributed by atoms with Crippen LogP contribution >= 0.6 is 45.9 Å². The number of fused-ring (bicyclic) bond motifs is 2. The van der Waals surface area contributed by atoms with Gasteiger partial charge in [0.1, 0.15) is 0 Å². The fourth-order valence-corrected chi connectivity index (χ4v) is 5.72. The van der Waals surface area contributed by atoms with Crippen LogP contribution in [0.2, 0.25) is 10.0 Å². The molecule has 1 fully saturated rings. The summed E-state index contributed by atoms with van der Waals surface area (Å²) in [6.45, 7) is 3.74. The second-order valence-electron chi connectivity index (χ2n) is 6.19. The standard InChI is InChI=1S/C18H14Cl2N4S2/c19-11-1-3-13-15(9-11)25-17(21-13)23-5-7-24(8-6-23)18-22-14-4-2-12(20)10-16(14)26-18/h1-4,9-10H,5-8H2. The van der Waals surface area contributed by atoms with E-state index in [0.717, 1.165) is 66.9 Å². The summed E-state index contributed by atoms with van der Waals surface area (Å²) in [4.78, 5) is 14.2. The summed E-state index contributed by atoms with van der Waals surface area (Å²) < 4.78 is 2.27. The van der Waals surface area contributed by atoms with E-state index in [-0.39, 0.29) is 0 Å². The summed E-state index contributed by atoms with van der Waals surface area (Å²) >= 11 is 15.6. The third-order valence-corrected chi connectivity index (χ3v) is 7.13. The number of nitrogens with zero attached hydrogens (tertiary/aromatic N) is 4. The number of aromatic nitrogens is 2. The highest BCUT2D eigenvalue weighted by Gasteiger charge is 2.22. The van der Waals surface area contributed by atoms with E-state index in [1.807, 2.05) is 36.4 Å². The van der Waals surface area contributed by atoms with Crippen LogP contribution in [0.4, 0.5) is 10.3 Å². The third-order valence-electron chi connectivity index (χ3n) is 4.50. The number of hydrogen-bond acceptors (Lipinski definition) is 6. The molecule has 2 aromatic carbocycles. The minimum Gasteiger partial charge on any atom is -0.345 e. The van der Waals surface area contributed by atoms with Crippen molar-refractivity contribution < 1.29 is 0 Å². The Bertz CT molecular complexity index is 1010. The van der Waals surface area contributed by atoms with Gasteiger partial charge in [-0.3, -0.25) is 0 Å². The van der Waals surface area contributed by atoms with E-state index in [1.54, 1.807) is 22.7 Å². The van der Waals surface area contributed by atoms with Gasteiger partial charge in [0.05, 0.1) is 20.4 Å². The lowest BCUT2D eigenvalue weighted by atomic mass is 10.3. The van der Waals surface area contributed by atoms with E-state index >= 15 is 0 Å². The first kappa shape index (κ1) is 16.6. The quantitative estimate of drug-likeness (QED) is 0.426. The van der Waals surface area contributed by atoms with Gasteiger partial charge in [0, 0.05) is 36.2 Å². The maximum Gasteiger partial charge on any atom is 0.186 e. The van der Waals surface area contributed by atoms with Crippen molar-refractivity contribution in [2.75, 3.05) is 36.0 Å². The largest absolute Gasteiger partial charge is 0.345 e. The van der Waals surface area contributed by atoms with Gasteiger partial charge in [-0.2, -0.15) is 0 Å². The smallest absolute Gasteiger partial charge is 0.186 e. The molecule has 5 rings (SSSR count). The summed E-state index contributed by atoms with van der Waals surface area (Å²) in [5.74, 6) is 0. The first-order valence-corrected chi connectivity index (χ1v) is 10.7. The zero-order chi connectivity index (χ0) is 17.7.